The Morgan fingerprint density at radius 3 is 2.67 bits per heavy atom. The number of aryl methyl sites for hydroxylation is 1. The van der Waals surface area contributed by atoms with Gasteiger partial charge in [-0.05, 0) is 12.0 Å². The van der Waals surface area contributed by atoms with Crippen LogP contribution in [-0.4, -0.2) is 27.9 Å². The number of aromatic nitrogens is 2. The van der Waals surface area contributed by atoms with Crippen molar-refractivity contribution in [3.8, 4) is 11.6 Å². The van der Waals surface area contributed by atoms with E-state index in [1.165, 1.54) is 13.1 Å². The molecule has 1 aromatic heterocycles. The lowest BCUT2D eigenvalue weighted by Crippen LogP contribution is -2.43. The Hall–Kier alpha value is -2.89. The van der Waals surface area contributed by atoms with Gasteiger partial charge in [-0.1, -0.05) is 37.0 Å². The number of carbonyl (C=O) groups excluding carboxylic acids is 2. The third kappa shape index (κ3) is 4.32. The van der Waals surface area contributed by atoms with Crippen LogP contribution in [-0.2, 0) is 16.7 Å². The van der Waals surface area contributed by atoms with Crippen LogP contribution in [0, 0.1) is 5.82 Å². The van der Waals surface area contributed by atoms with Gasteiger partial charge in [0.05, 0.1) is 10.7 Å². The highest BCUT2D eigenvalue weighted by Gasteiger charge is 2.30. The van der Waals surface area contributed by atoms with Crippen LogP contribution < -0.4 is 26.4 Å². The first-order chi connectivity index (χ1) is 14.1. The zero-order chi connectivity index (χ0) is 22.2. The summed E-state index contributed by atoms with van der Waals surface area (Å²) in [6.07, 6.45) is -2.09. The molecular formula is C17H16Cl2FN5O5. The van der Waals surface area contributed by atoms with Crippen molar-refractivity contribution in [1.29, 1.82) is 0 Å². The van der Waals surface area contributed by atoms with Crippen molar-refractivity contribution >= 4 is 40.9 Å². The molecular weight excluding hydrogens is 444 g/mol. The molecule has 0 bridgehead atoms. The van der Waals surface area contributed by atoms with Crippen molar-refractivity contribution in [3.05, 3.63) is 43.9 Å². The van der Waals surface area contributed by atoms with Crippen molar-refractivity contribution in [2.45, 2.75) is 25.9 Å². The zero-order valence-electron chi connectivity index (χ0n) is 15.9. The first-order valence-corrected chi connectivity index (χ1v) is 9.31. The van der Waals surface area contributed by atoms with Gasteiger partial charge < -0.3 is 14.9 Å². The Morgan fingerprint density at radius 1 is 1.37 bits per heavy atom. The number of ether oxygens (including phenoxy) is 1. The maximum Gasteiger partial charge on any atom is 0.427 e. The second-order valence-electron chi connectivity index (χ2n) is 6.56. The summed E-state index contributed by atoms with van der Waals surface area (Å²) in [4.78, 5) is 39.6. The van der Waals surface area contributed by atoms with Crippen molar-refractivity contribution in [2.24, 2.45) is 7.05 Å². The van der Waals surface area contributed by atoms with Crippen LogP contribution in [0.3, 0.4) is 0 Å². The lowest BCUT2D eigenvalue weighted by Gasteiger charge is -2.15. The number of rotatable bonds is 5. The van der Waals surface area contributed by atoms with Gasteiger partial charge in [0.15, 0.2) is 17.7 Å². The van der Waals surface area contributed by atoms with E-state index in [0.29, 0.717) is 5.56 Å². The predicted octanol–water partition coefficient (Wildman–Crippen LogP) is 2.65. The first-order valence-electron chi connectivity index (χ1n) is 8.55. The number of nitrogens with zero attached hydrogens (tertiary/aromatic N) is 2. The highest BCUT2D eigenvalue weighted by molar-refractivity contribution is 6.37. The average Bonchev–Trinajstić information content (AvgIpc) is 3.12. The van der Waals surface area contributed by atoms with Gasteiger partial charge in [-0.3, -0.25) is 14.9 Å². The van der Waals surface area contributed by atoms with Crippen molar-refractivity contribution in [3.63, 3.8) is 0 Å². The van der Waals surface area contributed by atoms with E-state index in [9.17, 15) is 18.8 Å². The second-order valence-corrected chi connectivity index (χ2v) is 7.35. The Labute approximate surface area is 179 Å². The van der Waals surface area contributed by atoms with Gasteiger partial charge in [0.2, 0.25) is 5.88 Å². The van der Waals surface area contributed by atoms with E-state index in [1.54, 1.807) is 0 Å². The lowest BCUT2D eigenvalue weighted by atomic mass is 10.1. The van der Waals surface area contributed by atoms with E-state index in [2.05, 4.69) is 26.0 Å². The van der Waals surface area contributed by atoms with E-state index in [1.807, 2.05) is 13.8 Å². The molecule has 2 amide bonds. The topological polar surface area (TPSA) is 124 Å². The number of hydrogen-bond acceptors (Lipinski definition) is 7. The molecule has 0 aliphatic carbocycles. The normalized spacial score (nSPS) is 15.7. The van der Waals surface area contributed by atoms with Crippen molar-refractivity contribution in [1.82, 2.24) is 20.6 Å². The Bertz CT molecular complexity index is 1090. The SMILES string of the molecule is CC(C)c1cc(Oc2c(Cl)cc(NC(=O)C3NOC(=O)N3)c(F)c2Cl)nn(C)c1=O. The minimum Gasteiger partial charge on any atom is -0.434 e. The maximum absolute atomic E-state index is 14.7. The van der Waals surface area contributed by atoms with Crippen molar-refractivity contribution < 1.29 is 23.6 Å². The Morgan fingerprint density at radius 2 is 2.07 bits per heavy atom. The molecule has 1 aromatic carbocycles. The molecule has 1 aliphatic heterocycles. The minimum absolute atomic E-state index is 0.0178. The van der Waals surface area contributed by atoms with Crippen LogP contribution in [0.1, 0.15) is 25.3 Å². The molecule has 1 unspecified atom stereocenters. The summed E-state index contributed by atoms with van der Waals surface area (Å²) >= 11 is 12.2. The molecule has 10 nitrogen and oxygen atoms in total. The molecule has 0 spiro atoms. The molecule has 1 saturated heterocycles. The predicted molar refractivity (Wildman–Crippen MR) is 105 cm³/mol. The molecule has 1 aliphatic rings. The standard InChI is InChI=1S/C17H16Cl2FN5O5/c1-6(2)7-4-10(23-25(3)16(7)27)29-13-8(18)5-9(12(20)11(13)19)21-15(26)14-22-17(28)30-24-14/h4-6,14,24H,1-3H3,(H,21,26)(H,22,28). The van der Waals surface area contributed by atoms with E-state index >= 15 is 0 Å². The van der Waals surface area contributed by atoms with Gasteiger partial charge in [-0.15, -0.1) is 10.6 Å². The molecule has 2 aromatic rings. The van der Waals surface area contributed by atoms with Gasteiger partial charge in [0, 0.05) is 18.7 Å². The van der Waals surface area contributed by atoms with E-state index in [4.69, 9.17) is 27.9 Å². The molecule has 160 valence electrons. The Balaban J connectivity index is 1.89. The van der Waals surface area contributed by atoms with Gasteiger partial charge in [-0.2, -0.15) is 0 Å². The summed E-state index contributed by atoms with van der Waals surface area (Å²) in [5.74, 6) is -2.21. The second kappa shape index (κ2) is 8.46. The van der Waals surface area contributed by atoms with Crippen LogP contribution >= 0.6 is 23.2 Å². The number of hydroxylamine groups is 1. The molecule has 13 heteroatoms. The average molecular weight is 460 g/mol. The van der Waals surface area contributed by atoms with Gasteiger partial charge in [-0.25, -0.2) is 13.9 Å². The van der Waals surface area contributed by atoms with Gasteiger partial charge in [0.1, 0.15) is 5.02 Å². The number of nitrogens with one attached hydrogen (secondary N) is 3. The number of hydrogen-bond donors (Lipinski definition) is 3. The third-order valence-corrected chi connectivity index (χ3v) is 4.68. The molecule has 30 heavy (non-hydrogen) atoms. The summed E-state index contributed by atoms with van der Waals surface area (Å²) < 4.78 is 21.4. The summed E-state index contributed by atoms with van der Waals surface area (Å²) in [7, 11) is 1.45. The lowest BCUT2D eigenvalue weighted by molar-refractivity contribution is -0.119. The number of halogens is 3. The molecule has 0 radical (unpaired) electrons. The van der Waals surface area contributed by atoms with E-state index < -0.39 is 29.0 Å². The number of benzene rings is 1. The maximum atomic E-state index is 14.7. The highest BCUT2D eigenvalue weighted by atomic mass is 35.5. The molecule has 1 atom stereocenters. The monoisotopic (exact) mass is 459 g/mol. The number of carbonyl (C=O) groups is 2. The quantitative estimate of drug-likeness (QED) is 0.587. The van der Waals surface area contributed by atoms with E-state index in [-0.39, 0.29) is 33.8 Å². The van der Waals surface area contributed by atoms with Crippen LogP contribution in [0.15, 0.2) is 16.9 Å². The molecule has 3 rings (SSSR count). The highest BCUT2D eigenvalue weighted by Crippen LogP contribution is 2.41. The van der Waals surface area contributed by atoms with Crippen molar-refractivity contribution in [2.75, 3.05) is 5.32 Å². The fourth-order valence-corrected chi connectivity index (χ4v) is 3.08. The van der Waals surface area contributed by atoms with Crippen LogP contribution in [0.2, 0.25) is 10.0 Å². The Kier molecular flexibility index (Phi) is 6.15. The van der Waals surface area contributed by atoms with Gasteiger partial charge >= 0.3 is 6.09 Å². The number of anilines is 1. The van der Waals surface area contributed by atoms with Crippen LogP contribution in [0.25, 0.3) is 0 Å². The van der Waals surface area contributed by atoms with E-state index in [0.717, 1.165) is 10.7 Å². The summed E-state index contributed by atoms with van der Waals surface area (Å²) in [5, 5.41) is 7.71. The largest absolute Gasteiger partial charge is 0.434 e. The molecule has 0 saturated carbocycles. The van der Waals surface area contributed by atoms with Crippen LogP contribution in [0.4, 0.5) is 14.9 Å². The molecule has 1 fully saturated rings. The summed E-state index contributed by atoms with van der Waals surface area (Å²) in [6, 6.07) is 2.50. The third-order valence-electron chi connectivity index (χ3n) is 4.07. The summed E-state index contributed by atoms with van der Waals surface area (Å²) in [6.45, 7) is 3.65. The fourth-order valence-electron chi connectivity index (χ4n) is 2.55. The molecule has 2 heterocycles. The smallest absolute Gasteiger partial charge is 0.427 e. The number of amides is 2. The van der Waals surface area contributed by atoms with Gasteiger partial charge in [0.25, 0.3) is 11.5 Å². The first kappa shape index (κ1) is 21.8. The van der Waals surface area contributed by atoms with Crippen LogP contribution in [0.5, 0.6) is 11.6 Å². The fraction of sp³-hybridized carbons (Fsp3) is 0.294. The molecule has 3 N–H and O–H groups in total. The summed E-state index contributed by atoms with van der Waals surface area (Å²) in [5.41, 5.74) is 1.92. The zero-order valence-corrected chi connectivity index (χ0v) is 17.4. The minimum atomic E-state index is -1.23.